The molecule has 0 saturated heterocycles. The van der Waals surface area contributed by atoms with Crippen LogP contribution >= 0.6 is 9.19 Å². The van der Waals surface area contributed by atoms with Gasteiger partial charge in [0.2, 0.25) is 0 Å². The minimum Gasteiger partial charge on any atom is -1.00 e. The number of halogens is 1. The van der Waals surface area contributed by atoms with Crippen LogP contribution in [-0.2, 0) is 40.2 Å². The molecule has 0 saturated carbocycles. The average molecular weight is 281 g/mol. The first kappa shape index (κ1) is 16.7. The van der Waals surface area contributed by atoms with Gasteiger partial charge in [-0.15, -0.1) is 0 Å². The molecule has 0 aliphatic carbocycles. The van der Waals surface area contributed by atoms with Crippen LogP contribution in [-0.4, -0.2) is 13.3 Å². The van der Waals surface area contributed by atoms with E-state index in [1.54, 1.807) is 0 Å². The van der Waals surface area contributed by atoms with Crippen LogP contribution in [0.2, 0.25) is 0 Å². The Balaban J connectivity index is -0.0000000286. The quantitative estimate of drug-likeness (QED) is 0.481. The molecule has 0 heterocycles. The van der Waals surface area contributed by atoms with Crippen molar-refractivity contribution in [1.29, 1.82) is 0 Å². The Bertz CT molecular complexity index is 105. The van der Waals surface area contributed by atoms with Crippen molar-refractivity contribution < 1.29 is 64.3 Å². The van der Waals surface area contributed by atoms with Crippen LogP contribution in [0.1, 0.15) is 1.43 Å². The van der Waals surface area contributed by atoms with Crippen molar-refractivity contribution in [3.8, 4) is 0 Å². The number of rotatable bonds is 0. The smallest absolute Gasteiger partial charge is 1.00 e. The van der Waals surface area contributed by atoms with E-state index in [4.69, 9.17) is 13.3 Å². The third-order valence-electron chi connectivity index (χ3n) is 0. The van der Waals surface area contributed by atoms with E-state index in [0.717, 1.165) is 0 Å². The van der Waals surface area contributed by atoms with Crippen LogP contribution < -0.4 is 29.6 Å². The third kappa shape index (κ3) is 82.8. The second kappa shape index (κ2) is 9.32. The fourth-order valence-electron chi connectivity index (χ4n) is 0. The zero-order valence-electron chi connectivity index (χ0n) is 4.80. The number of hydrogen-bond acceptors (Lipinski definition) is 2. The van der Waals surface area contributed by atoms with E-state index in [1.165, 1.54) is 0 Å². The maximum absolute atomic E-state index is 9.11. The predicted molar refractivity (Wildman–Crippen MR) is 27.7 cm³/mol. The summed E-state index contributed by atoms with van der Waals surface area (Å²) in [7, 11) is 0.616. The van der Waals surface area contributed by atoms with Gasteiger partial charge in [0.1, 0.15) is 0 Å². The van der Waals surface area contributed by atoms with Crippen LogP contribution in [0.4, 0.5) is 0 Å². The summed E-state index contributed by atoms with van der Waals surface area (Å²) in [4.78, 5) is 0. The molecule has 52 valence electrons. The SMILES string of the molecule is O=S(O)(O)=S.[Cl][Ag].[H-].[Na+]. The van der Waals surface area contributed by atoms with E-state index in [-0.39, 0.29) is 31.0 Å². The molecular formula is H3AgClNaO3S2. The summed E-state index contributed by atoms with van der Waals surface area (Å²) in [6.07, 6.45) is 0. The van der Waals surface area contributed by atoms with Crippen LogP contribution in [0, 0.1) is 0 Å². The Labute approximate surface area is 92.4 Å². The molecule has 0 spiro atoms. The summed E-state index contributed by atoms with van der Waals surface area (Å²) < 4.78 is 24.0. The summed E-state index contributed by atoms with van der Waals surface area (Å²) in [6.45, 7) is 0. The van der Waals surface area contributed by atoms with Gasteiger partial charge in [0.05, 0.1) is 0 Å². The van der Waals surface area contributed by atoms with E-state index in [9.17, 15) is 0 Å². The van der Waals surface area contributed by atoms with Crippen molar-refractivity contribution in [2.45, 2.75) is 0 Å². The summed E-state index contributed by atoms with van der Waals surface area (Å²) in [5.41, 5.74) is 0. The standard InChI is InChI=1S/Ag.ClH.Na.H2O3S2.H/c;;;1-5(2,3)4;/h;1H;;(H2,1,2,3,4);/q+1;;+1;;-1/p-1. The van der Waals surface area contributed by atoms with Gasteiger partial charge in [-0.05, 0) is 0 Å². The minimum atomic E-state index is -3.83. The van der Waals surface area contributed by atoms with Gasteiger partial charge in [0.25, 0.3) is 9.05 Å². The van der Waals surface area contributed by atoms with Crippen molar-refractivity contribution in [1.82, 2.24) is 0 Å². The van der Waals surface area contributed by atoms with Crippen LogP contribution in [0.25, 0.3) is 0 Å². The van der Waals surface area contributed by atoms with Crippen molar-refractivity contribution in [3.05, 3.63) is 0 Å². The van der Waals surface area contributed by atoms with E-state index in [2.05, 4.69) is 40.4 Å². The Morgan fingerprint density at radius 2 is 1.62 bits per heavy atom. The molecule has 3 nitrogen and oxygen atoms in total. The molecule has 0 amide bonds. The van der Waals surface area contributed by atoms with Gasteiger partial charge < -0.3 is 1.43 Å². The predicted octanol–water partition coefficient (Wildman–Crippen LogP) is -2.52. The molecule has 0 aromatic heterocycles. The number of hydrogen-bond donors (Lipinski definition) is 2. The first-order chi connectivity index (χ1) is 3.00. The second-order valence-corrected chi connectivity index (χ2v) is 2.65. The van der Waals surface area contributed by atoms with E-state index < -0.39 is 9.05 Å². The molecule has 0 rings (SSSR count). The summed E-state index contributed by atoms with van der Waals surface area (Å²) >= 11 is 5.89. The van der Waals surface area contributed by atoms with E-state index in [1.807, 2.05) is 0 Å². The molecule has 8 heteroatoms. The van der Waals surface area contributed by atoms with Gasteiger partial charge in [-0.2, -0.15) is 4.21 Å². The van der Waals surface area contributed by atoms with Gasteiger partial charge >= 0.3 is 58.7 Å². The van der Waals surface area contributed by atoms with E-state index in [0.29, 0.717) is 0 Å². The molecule has 0 aromatic carbocycles. The zero-order chi connectivity index (χ0) is 6.50. The molecule has 0 atom stereocenters. The third-order valence-corrected chi connectivity index (χ3v) is 0. The molecule has 0 fully saturated rings. The largest absolute Gasteiger partial charge is 1.00 e. The van der Waals surface area contributed by atoms with Gasteiger partial charge in [0, 0.05) is 11.2 Å². The molecule has 8 heavy (non-hydrogen) atoms. The first-order valence-corrected chi connectivity index (χ1v) is 5.12. The molecule has 0 bridgehead atoms. The van der Waals surface area contributed by atoms with Gasteiger partial charge in [-0.3, -0.25) is 9.11 Å². The van der Waals surface area contributed by atoms with Crippen LogP contribution in [0.5, 0.6) is 0 Å². The molecular weight excluding hydrogens is 278 g/mol. The first-order valence-electron chi connectivity index (χ1n) is 0.812. The molecule has 0 aromatic rings. The topological polar surface area (TPSA) is 57.5 Å². The minimum absolute atomic E-state index is 0. The zero-order valence-corrected chi connectivity index (χ0v) is 9.67. The monoisotopic (exact) mass is 280 g/mol. The van der Waals surface area contributed by atoms with Crippen molar-refractivity contribution in [2.24, 2.45) is 0 Å². The fourth-order valence-corrected chi connectivity index (χ4v) is 0. The fraction of sp³-hybridized carbons (Fsp3) is 0. The summed E-state index contributed by atoms with van der Waals surface area (Å²) in [6, 6.07) is 0. The van der Waals surface area contributed by atoms with E-state index >= 15 is 0 Å². The van der Waals surface area contributed by atoms with Crippen molar-refractivity contribution >= 4 is 29.4 Å². The Morgan fingerprint density at radius 3 is 1.62 bits per heavy atom. The Hall–Kier alpha value is 2.32. The Morgan fingerprint density at radius 1 is 1.62 bits per heavy atom. The van der Waals surface area contributed by atoms with Crippen molar-refractivity contribution in [2.75, 3.05) is 0 Å². The average Bonchev–Trinajstić information content (AvgIpc) is 1.36. The summed E-state index contributed by atoms with van der Waals surface area (Å²) in [5, 5.41) is 0. The maximum atomic E-state index is 9.11. The second-order valence-electron chi connectivity index (χ2n) is 0.448. The molecule has 0 radical (unpaired) electrons. The van der Waals surface area contributed by atoms with Crippen LogP contribution in [0.3, 0.4) is 0 Å². The molecule has 2 N–H and O–H groups in total. The van der Waals surface area contributed by atoms with Crippen molar-refractivity contribution in [3.63, 3.8) is 0 Å². The summed E-state index contributed by atoms with van der Waals surface area (Å²) in [5.74, 6) is 0. The van der Waals surface area contributed by atoms with Gasteiger partial charge in [-0.25, -0.2) is 0 Å². The normalized spacial score (nSPS) is 8.12. The Kier molecular flexibility index (Phi) is 19.5. The van der Waals surface area contributed by atoms with Crippen LogP contribution in [0.15, 0.2) is 0 Å². The maximum Gasteiger partial charge on any atom is 1.00 e. The molecule has 0 unspecified atom stereocenters. The van der Waals surface area contributed by atoms with Gasteiger partial charge in [0.15, 0.2) is 0 Å². The molecule has 0 aliphatic rings. The van der Waals surface area contributed by atoms with Gasteiger partial charge in [-0.1, -0.05) is 0 Å². The molecule has 0 aliphatic heterocycles.